The summed E-state index contributed by atoms with van der Waals surface area (Å²) in [5.41, 5.74) is 3.74. The lowest BCUT2D eigenvalue weighted by Crippen LogP contribution is -2.20. The Kier molecular flexibility index (Phi) is 8.06. The number of rotatable bonds is 5. The third-order valence-electron chi connectivity index (χ3n) is 6.31. The fourth-order valence-electron chi connectivity index (χ4n) is 4.61. The molecule has 2 amide bonds. The minimum atomic E-state index is -0.316. The van der Waals surface area contributed by atoms with Crippen molar-refractivity contribution >= 4 is 39.6 Å². The molecule has 5 rings (SSSR count). The number of benzene rings is 1. The summed E-state index contributed by atoms with van der Waals surface area (Å²) < 4.78 is 11.1. The third kappa shape index (κ3) is 5.60. The Hall–Kier alpha value is -3.64. The van der Waals surface area contributed by atoms with Gasteiger partial charge >= 0.3 is 5.63 Å². The molecular formula is C27H29N3O5S. The van der Waals surface area contributed by atoms with Crippen LogP contribution in [0, 0.1) is 11.3 Å². The molecule has 2 aliphatic rings. The van der Waals surface area contributed by atoms with Crippen LogP contribution in [0.25, 0.3) is 11.0 Å². The van der Waals surface area contributed by atoms with Gasteiger partial charge in [0.25, 0.3) is 5.91 Å². The van der Waals surface area contributed by atoms with Crippen LogP contribution < -0.4 is 15.7 Å². The summed E-state index contributed by atoms with van der Waals surface area (Å²) in [7, 11) is 3.38. The number of fused-ring (bicyclic) bond motifs is 4. The molecular weight excluding hydrogens is 478 g/mol. The second-order valence-electron chi connectivity index (χ2n) is 9.14. The number of nitrogens with zero attached hydrogens (tertiary/aromatic N) is 2. The average molecular weight is 508 g/mol. The van der Waals surface area contributed by atoms with E-state index in [1.54, 1.807) is 26.2 Å². The van der Waals surface area contributed by atoms with E-state index in [4.69, 9.17) is 9.15 Å². The highest BCUT2D eigenvalue weighted by molar-refractivity contribution is 7.16. The van der Waals surface area contributed by atoms with Crippen LogP contribution in [0.15, 0.2) is 27.4 Å². The maximum absolute atomic E-state index is 12.5. The number of nitriles is 1. The number of carbonyl (C=O) groups excluding carboxylic acids is 2. The highest BCUT2D eigenvalue weighted by Gasteiger charge is 2.22. The fraction of sp³-hybridized carbons (Fsp3) is 0.407. The van der Waals surface area contributed by atoms with Gasteiger partial charge in [0, 0.05) is 36.0 Å². The SMILES string of the molecule is CN(C)C=O.N#Cc1c(NC(=O)COc2ccc3c4c(c(=O)oc3c2)CCC4)sc2c1CCCCC2. The molecule has 0 saturated heterocycles. The summed E-state index contributed by atoms with van der Waals surface area (Å²) in [4.78, 5) is 36.8. The zero-order valence-corrected chi connectivity index (χ0v) is 21.3. The van der Waals surface area contributed by atoms with Crippen LogP contribution in [0.5, 0.6) is 5.75 Å². The molecule has 1 N–H and O–H groups in total. The number of thiophene rings is 1. The Morgan fingerprint density at radius 3 is 2.61 bits per heavy atom. The van der Waals surface area contributed by atoms with Crippen molar-refractivity contribution in [3.05, 3.63) is 55.8 Å². The maximum atomic E-state index is 12.5. The molecule has 3 aromatic rings. The number of amides is 2. The minimum Gasteiger partial charge on any atom is -0.484 e. The van der Waals surface area contributed by atoms with E-state index in [9.17, 15) is 19.6 Å². The Bertz CT molecular complexity index is 1380. The molecule has 36 heavy (non-hydrogen) atoms. The number of nitrogens with one attached hydrogen (secondary N) is 1. The van der Waals surface area contributed by atoms with Gasteiger partial charge in [-0.15, -0.1) is 11.3 Å². The smallest absolute Gasteiger partial charge is 0.339 e. The quantitative estimate of drug-likeness (QED) is 0.315. The van der Waals surface area contributed by atoms with Crippen LogP contribution >= 0.6 is 11.3 Å². The lowest BCUT2D eigenvalue weighted by atomic mass is 10.1. The standard InChI is InChI=1S/C24H22N2O4S.C3H7NO/c25-12-19-17-5-2-1-3-8-21(17)31-23(19)26-22(27)13-29-14-9-10-16-15-6-4-7-18(15)24(28)30-20(16)11-14;1-4(2)3-5/h9-11H,1-8,13H2,(H,26,27);3H,1-2H3. The molecule has 0 spiro atoms. The molecule has 188 valence electrons. The van der Waals surface area contributed by atoms with Crippen LogP contribution in [0.4, 0.5) is 5.00 Å². The average Bonchev–Trinajstić information content (AvgIpc) is 3.42. The monoisotopic (exact) mass is 507 g/mol. The van der Waals surface area contributed by atoms with E-state index in [-0.39, 0.29) is 18.1 Å². The second kappa shape index (κ2) is 11.4. The number of carbonyl (C=O) groups is 2. The van der Waals surface area contributed by atoms with Gasteiger partial charge in [-0.25, -0.2) is 4.79 Å². The maximum Gasteiger partial charge on any atom is 0.339 e. The first-order chi connectivity index (χ1) is 17.4. The largest absolute Gasteiger partial charge is 0.484 e. The molecule has 1 aromatic carbocycles. The molecule has 2 aromatic heterocycles. The van der Waals surface area contributed by atoms with Gasteiger partial charge < -0.3 is 19.4 Å². The molecule has 0 radical (unpaired) electrons. The molecule has 0 atom stereocenters. The molecule has 0 aliphatic heterocycles. The second-order valence-corrected chi connectivity index (χ2v) is 10.2. The third-order valence-corrected chi connectivity index (χ3v) is 7.52. The zero-order chi connectivity index (χ0) is 25.7. The van der Waals surface area contributed by atoms with Gasteiger partial charge in [0.1, 0.15) is 22.4 Å². The molecule has 9 heteroatoms. The van der Waals surface area contributed by atoms with Crippen LogP contribution in [-0.2, 0) is 35.3 Å². The van der Waals surface area contributed by atoms with Crippen molar-refractivity contribution in [2.45, 2.75) is 51.4 Å². The number of aryl methyl sites for hydroxylation is 2. The normalized spacial score (nSPS) is 13.9. The summed E-state index contributed by atoms with van der Waals surface area (Å²) >= 11 is 1.50. The topological polar surface area (TPSA) is 113 Å². The van der Waals surface area contributed by atoms with E-state index in [0.29, 0.717) is 21.9 Å². The van der Waals surface area contributed by atoms with E-state index in [0.717, 1.165) is 73.4 Å². The summed E-state index contributed by atoms with van der Waals surface area (Å²) in [6.45, 7) is -0.186. The molecule has 0 unspecified atom stereocenters. The first-order valence-electron chi connectivity index (χ1n) is 12.1. The van der Waals surface area contributed by atoms with Crippen LogP contribution in [0.3, 0.4) is 0 Å². The van der Waals surface area contributed by atoms with Crippen molar-refractivity contribution in [3.8, 4) is 11.8 Å². The van der Waals surface area contributed by atoms with Crippen molar-refractivity contribution in [1.29, 1.82) is 5.26 Å². The van der Waals surface area contributed by atoms with Gasteiger partial charge in [0.05, 0.1) is 5.56 Å². The predicted octanol–water partition coefficient (Wildman–Crippen LogP) is 4.21. The summed E-state index contributed by atoms with van der Waals surface area (Å²) in [5.74, 6) is 0.148. The van der Waals surface area contributed by atoms with Crippen molar-refractivity contribution in [3.63, 3.8) is 0 Å². The Labute approximate surface area is 213 Å². The molecule has 0 bridgehead atoms. The summed E-state index contributed by atoms with van der Waals surface area (Å²) in [6, 6.07) is 7.62. The lowest BCUT2D eigenvalue weighted by Gasteiger charge is -2.09. The van der Waals surface area contributed by atoms with Crippen molar-refractivity contribution in [2.75, 3.05) is 26.0 Å². The Morgan fingerprint density at radius 1 is 1.14 bits per heavy atom. The molecule has 2 aliphatic carbocycles. The zero-order valence-electron chi connectivity index (χ0n) is 20.5. The Morgan fingerprint density at radius 2 is 1.86 bits per heavy atom. The molecule has 8 nitrogen and oxygen atoms in total. The van der Waals surface area contributed by atoms with E-state index >= 15 is 0 Å². The highest BCUT2D eigenvalue weighted by Crippen LogP contribution is 2.37. The number of hydrogen-bond acceptors (Lipinski definition) is 7. The number of ether oxygens (including phenoxy) is 1. The minimum absolute atomic E-state index is 0.186. The van der Waals surface area contributed by atoms with E-state index in [2.05, 4.69) is 11.4 Å². The molecule has 0 saturated carbocycles. The number of anilines is 1. The summed E-state index contributed by atoms with van der Waals surface area (Å²) in [5, 5.41) is 14.0. The first kappa shape index (κ1) is 25.5. The highest BCUT2D eigenvalue weighted by atomic mass is 32.1. The lowest BCUT2D eigenvalue weighted by molar-refractivity contribution is -0.118. The van der Waals surface area contributed by atoms with Crippen LogP contribution in [0.2, 0.25) is 0 Å². The van der Waals surface area contributed by atoms with Crippen LogP contribution in [0.1, 0.15) is 52.8 Å². The van der Waals surface area contributed by atoms with Gasteiger partial charge in [0.2, 0.25) is 6.41 Å². The van der Waals surface area contributed by atoms with Crippen molar-refractivity contribution < 1.29 is 18.7 Å². The van der Waals surface area contributed by atoms with E-state index in [1.165, 1.54) is 27.5 Å². The van der Waals surface area contributed by atoms with Crippen molar-refractivity contribution in [1.82, 2.24) is 4.90 Å². The Balaban J connectivity index is 0.000000556. The predicted molar refractivity (Wildman–Crippen MR) is 139 cm³/mol. The fourth-order valence-corrected chi connectivity index (χ4v) is 5.87. The van der Waals surface area contributed by atoms with Gasteiger partial charge in [0.15, 0.2) is 6.61 Å². The van der Waals surface area contributed by atoms with Gasteiger partial charge in [-0.3, -0.25) is 9.59 Å². The van der Waals surface area contributed by atoms with Crippen LogP contribution in [-0.4, -0.2) is 37.9 Å². The van der Waals surface area contributed by atoms with Gasteiger partial charge in [-0.1, -0.05) is 6.42 Å². The van der Waals surface area contributed by atoms with Crippen molar-refractivity contribution in [2.24, 2.45) is 0 Å². The van der Waals surface area contributed by atoms with E-state index < -0.39 is 0 Å². The number of hydrogen-bond donors (Lipinski definition) is 1. The molecule has 2 heterocycles. The van der Waals surface area contributed by atoms with Gasteiger partial charge in [-0.05, 0) is 68.2 Å². The molecule has 0 fully saturated rings. The van der Waals surface area contributed by atoms with E-state index in [1.807, 2.05) is 6.07 Å². The van der Waals surface area contributed by atoms with Gasteiger partial charge in [-0.2, -0.15) is 5.26 Å². The first-order valence-corrected chi connectivity index (χ1v) is 12.9. The summed E-state index contributed by atoms with van der Waals surface area (Å²) in [6.07, 6.45) is 8.60.